The largest absolute Gasteiger partial charge is 0.496 e. The van der Waals surface area contributed by atoms with Crippen LogP contribution in [0.25, 0.3) is 22.3 Å². The predicted octanol–water partition coefficient (Wildman–Crippen LogP) is 5.29. The number of furan rings is 1. The third kappa shape index (κ3) is 3.77. The van der Waals surface area contributed by atoms with Crippen LogP contribution >= 0.6 is 0 Å². The van der Waals surface area contributed by atoms with Crippen LogP contribution in [0, 0.1) is 13.8 Å². The molecule has 0 saturated heterocycles. The number of fused-ring (bicyclic) bond motifs is 1. The van der Waals surface area contributed by atoms with E-state index >= 15 is 0 Å². The molecule has 0 fully saturated rings. The van der Waals surface area contributed by atoms with Crippen molar-refractivity contribution in [2.24, 2.45) is 5.10 Å². The lowest BCUT2D eigenvalue weighted by Gasteiger charge is -2.17. The maximum Gasteiger partial charge on any atom is 0.282 e. The van der Waals surface area contributed by atoms with E-state index < -0.39 is 0 Å². The van der Waals surface area contributed by atoms with E-state index in [4.69, 9.17) is 14.1 Å². The van der Waals surface area contributed by atoms with E-state index in [1.807, 2.05) is 50.2 Å². The number of para-hydroxylation sites is 1. The highest BCUT2D eigenvalue weighted by Gasteiger charge is 2.18. The zero-order valence-corrected chi connectivity index (χ0v) is 18.3. The summed E-state index contributed by atoms with van der Waals surface area (Å²) in [6.07, 6.45) is 3.15. The number of methoxy groups -OCH3 is 1. The SMILES string of the molecule is COc1cc(C)c(-c2nc3ccccc3c(=O)n2N=Cc2occc2C)cc1C(C)C. The Morgan fingerprint density at radius 2 is 1.90 bits per heavy atom. The first kappa shape index (κ1) is 20.6. The van der Waals surface area contributed by atoms with Crippen molar-refractivity contribution in [2.45, 2.75) is 33.6 Å². The van der Waals surface area contributed by atoms with Crippen molar-refractivity contribution in [1.82, 2.24) is 9.66 Å². The molecule has 0 unspecified atom stereocenters. The van der Waals surface area contributed by atoms with Crippen LogP contribution in [0.5, 0.6) is 5.75 Å². The number of hydrogen-bond acceptors (Lipinski definition) is 5. The van der Waals surface area contributed by atoms with Gasteiger partial charge in [-0.2, -0.15) is 9.78 Å². The van der Waals surface area contributed by atoms with Crippen LogP contribution in [-0.2, 0) is 0 Å². The molecule has 0 aliphatic carbocycles. The Bertz CT molecular complexity index is 1350. The highest BCUT2D eigenvalue weighted by atomic mass is 16.5. The molecule has 0 bridgehead atoms. The lowest BCUT2D eigenvalue weighted by Crippen LogP contribution is -2.20. The minimum Gasteiger partial charge on any atom is -0.496 e. The minimum atomic E-state index is -0.234. The summed E-state index contributed by atoms with van der Waals surface area (Å²) in [4.78, 5) is 18.2. The summed E-state index contributed by atoms with van der Waals surface area (Å²) >= 11 is 0. The fourth-order valence-electron chi connectivity index (χ4n) is 3.60. The zero-order chi connectivity index (χ0) is 22.1. The molecule has 31 heavy (non-hydrogen) atoms. The second-order valence-corrected chi connectivity index (χ2v) is 7.85. The summed E-state index contributed by atoms with van der Waals surface area (Å²) in [7, 11) is 1.67. The first-order valence-electron chi connectivity index (χ1n) is 10.2. The van der Waals surface area contributed by atoms with Crippen LogP contribution in [0.2, 0.25) is 0 Å². The van der Waals surface area contributed by atoms with E-state index in [9.17, 15) is 4.79 Å². The summed E-state index contributed by atoms with van der Waals surface area (Å²) in [5, 5.41) is 4.99. The average Bonchev–Trinajstić information content (AvgIpc) is 3.17. The Kier molecular flexibility index (Phi) is 5.46. The number of aromatic nitrogens is 2. The lowest BCUT2D eigenvalue weighted by atomic mass is 9.96. The molecular weight excluding hydrogens is 390 g/mol. The van der Waals surface area contributed by atoms with Crippen molar-refractivity contribution >= 4 is 17.1 Å². The molecule has 0 aliphatic heterocycles. The molecule has 2 heterocycles. The number of hydrogen-bond donors (Lipinski definition) is 0. The van der Waals surface area contributed by atoms with Gasteiger partial charge in [0.05, 0.1) is 30.5 Å². The Labute approximate surface area is 180 Å². The van der Waals surface area contributed by atoms with Crippen LogP contribution in [-0.4, -0.2) is 23.0 Å². The van der Waals surface area contributed by atoms with E-state index in [1.54, 1.807) is 25.7 Å². The van der Waals surface area contributed by atoms with Gasteiger partial charge in [-0.1, -0.05) is 26.0 Å². The first-order chi connectivity index (χ1) is 14.9. The predicted molar refractivity (Wildman–Crippen MR) is 123 cm³/mol. The molecule has 0 saturated carbocycles. The number of nitrogens with zero attached hydrogens (tertiary/aromatic N) is 3. The smallest absolute Gasteiger partial charge is 0.282 e. The van der Waals surface area contributed by atoms with Gasteiger partial charge >= 0.3 is 0 Å². The van der Waals surface area contributed by atoms with E-state index in [2.05, 4.69) is 18.9 Å². The lowest BCUT2D eigenvalue weighted by molar-refractivity contribution is 0.407. The zero-order valence-electron chi connectivity index (χ0n) is 18.3. The normalized spacial score (nSPS) is 11.7. The van der Waals surface area contributed by atoms with Crippen molar-refractivity contribution in [1.29, 1.82) is 0 Å². The van der Waals surface area contributed by atoms with Crippen molar-refractivity contribution < 1.29 is 9.15 Å². The maximum atomic E-state index is 13.4. The minimum absolute atomic E-state index is 0.234. The van der Waals surface area contributed by atoms with Crippen LogP contribution in [0.4, 0.5) is 0 Å². The summed E-state index contributed by atoms with van der Waals surface area (Å²) in [5.74, 6) is 2.14. The third-order valence-corrected chi connectivity index (χ3v) is 5.39. The van der Waals surface area contributed by atoms with Gasteiger partial charge in [0.25, 0.3) is 5.56 Å². The van der Waals surface area contributed by atoms with Crippen molar-refractivity contribution in [3.05, 3.63) is 81.5 Å². The molecule has 4 aromatic rings. The average molecular weight is 415 g/mol. The van der Waals surface area contributed by atoms with Gasteiger partial charge in [0, 0.05) is 5.56 Å². The Hall–Kier alpha value is -3.67. The topological polar surface area (TPSA) is 69.6 Å². The molecule has 2 aromatic carbocycles. The van der Waals surface area contributed by atoms with Gasteiger partial charge in [-0.15, -0.1) is 0 Å². The molecule has 0 amide bonds. The van der Waals surface area contributed by atoms with Crippen LogP contribution in [0.15, 0.2) is 63.0 Å². The quantitative estimate of drug-likeness (QED) is 0.416. The van der Waals surface area contributed by atoms with Crippen LogP contribution in [0.3, 0.4) is 0 Å². The van der Waals surface area contributed by atoms with Crippen molar-refractivity contribution in [3.63, 3.8) is 0 Å². The highest BCUT2D eigenvalue weighted by molar-refractivity contribution is 5.82. The molecule has 0 N–H and O–H groups in total. The Balaban J connectivity index is 2.02. The second kappa shape index (κ2) is 8.22. The highest BCUT2D eigenvalue weighted by Crippen LogP contribution is 2.34. The molecule has 0 radical (unpaired) electrons. The van der Waals surface area contributed by atoms with E-state index in [-0.39, 0.29) is 11.5 Å². The Morgan fingerprint density at radius 1 is 1.13 bits per heavy atom. The number of benzene rings is 2. The summed E-state index contributed by atoms with van der Waals surface area (Å²) < 4.78 is 12.4. The standard InChI is InChI=1S/C25H25N3O3/c1-15(2)19-13-20(17(4)12-22(19)30-5)24-27-21-9-7-6-8-18(21)25(29)28(24)26-14-23-16(3)10-11-31-23/h6-15H,1-5H3. The molecule has 4 rings (SSSR count). The summed E-state index contributed by atoms with van der Waals surface area (Å²) in [6, 6.07) is 13.2. The molecule has 0 atom stereocenters. The Morgan fingerprint density at radius 3 is 2.58 bits per heavy atom. The fourth-order valence-corrected chi connectivity index (χ4v) is 3.60. The molecule has 6 nitrogen and oxygen atoms in total. The van der Waals surface area contributed by atoms with E-state index in [1.165, 1.54) is 4.68 Å². The molecule has 6 heteroatoms. The molecule has 2 aromatic heterocycles. The van der Waals surface area contributed by atoms with Gasteiger partial charge in [0.1, 0.15) is 11.5 Å². The molecule has 158 valence electrons. The van der Waals surface area contributed by atoms with Crippen LogP contribution in [0.1, 0.15) is 42.2 Å². The van der Waals surface area contributed by atoms with Gasteiger partial charge in [-0.05, 0) is 66.8 Å². The van der Waals surface area contributed by atoms with Gasteiger partial charge in [0.2, 0.25) is 0 Å². The van der Waals surface area contributed by atoms with Crippen molar-refractivity contribution in [3.8, 4) is 17.1 Å². The van der Waals surface area contributed by atoms with Crippen molar-refractivity contribution in [2.75, 3.05) is 7.11 Å². The van der Waals surface area contributed by atoms with Gasteiger partial charge < -0.3 is 9.15 Å². The third-order valence-electron chi connectivity index (χ3n) is 5.39. The first-order valence-corrected chi connectivity index (χ1v) is 10.2. The summed E-state index contributed by atoms with van der Waals surface area (Å²) in [5.41, 5.74) is 4.16. The van der Waals surface area contributed by atoms with E-state index in [0.717, 1.165) is 28.0 Å². The van der Waals surface area contributed by atoms with Gasteiger partial charge in [0.15, 0.2) is 5.82 Å². The number of ether oxygens (including phenoxy) is 1. The van der Waals surface area contributed by atoms with Gasteiger partial charge in [-0.25, -0.2) is 4.98 Å². The fraction of sp³-hybridized carbons (Fsp3) is 0.240. The summed E-state index contributed by atoms with van der Waals surface area (Å²) in [6.45, 7) is 8.12. The molecular formula is C25H25N3O3. The van der Waals surface area contributed by atoms with Gasteiger partial charge in [-0.3, -0.25) is 4.79 Å². The second-order valence-electron chi connectivity index (χ2n) is 7.85. The number of rotatable bonds is 5. The monoisotopic (exact) mass is 415 g/mol. The van der Waals surface area contributed by atoms with Crippen LogP contribution < -0.4 is 10.3 Å². The maximum absolute atomic E-state index is 13.4. The molecule has 0 aliphatic rings. The van der Waals surface area contributed by atoms with E-state index in [0.29, 0.717) is 22.5 Å². The number of aryl methyl sites for hydroxylation is 2. The molecule has 0 spiro atoms.